The van der Waals surface area contributed by atoms with Gasteiger partial charge in [-0.25, -0.2) is 4.79 Å². The summed E-state index contributed by atoms with van der Waals surface area (Å²) in [6.07, 6.45) is 0. The molecule has 0 spiro atoms. The number of benzene rings is 2. The van der Waals surface area contributed by atoms with Gasteiger partial charge in [0.15, 0.2) is 0 Å². The number of hydrogen-bond acceptors (Lipinski definition) is 5. The number of methoxy groups -OCH3 is 1. The van der Waals surface area contributed by atoms with Crippen LogP contribution < -0.4 is 10.6 Å². The maximum absolute atomic E-state index is 12.6. The molecule has 0 bridgehead atoms. The van der Waals surface area contributed by atoms with Crippen LogP contribution in [0, 0.1) is 0 Å². The first kappa shape index (κ1) is 19.3. The third kappa shape index (κ3) is 4.63. The van der Waals surface area contributed by atoms with Crippen LogP contribution in [0.15, 0.2) is 66.7 Å². The summed E-state index contributed by atoms with van der Waals surface area (Å²) >= 11 is 1.03. The topological polar surface area (TPSA) is 84.5 Å². The van der Waals surface area contributed by atoms with E-state index in [4.69, 9.17) is 0 Å². The highest BCUT2D eigenvalue weighted by atomic mass is 32.1. The van der Waals surface area contributed by atoms with Crippen LogP contribution in [-0.2, 0) is 11.3 Å². The van der Waals surface area contributed by atoms with Crippen molar-refractivity contribution >= 4 is 34.8 Å². The molecule has 0 saturated carbocycles. The highest BCUT2D eigenvalue weighted by molar-refractivity contribution is 7.16. The van der Waals surface area contributed by atoms with Crippen molar-refractivity contribution in [2.75, 3.05) is 12.4 Å². The second-order valence-electron chi connectivity index (χ2n) is 5.82. The Morgan fingerprint density at radius 3 is 2.29 bits per heavy atom. The molecule has 0 aliphatic rings. The van der Waals surface area contributed by atoms with Gasteiger partial charge in [-0.05, 0) is 29.8 Å². The van der Waals surface area contributed by atoms with Gasteiger partial charge < -0.3 is 15.4 Å². The molecular formula is C21H18N2O4S. The molecular weight excluding hydrogens is 376 g/mol. The number of ether oxygens (including phenoxy) is 1. The maximum atomic E-state index is 12.6. The molecule has 3 rings (SSSR count). The molecule has 28 heavy (non-hydrogen) atoms. The Kier molecular flexibility index (Phi) is 6.18. The fourth-order valence-electron chi connectivity index (χ4n) is 2.52. The Morgan fingerprint density at radius 1 is 0.857 bits per heavy atom. The first-order chi connectivity index (χ1) is 13.6. The van der Waals surface area contributed by atoms with Gasteiger partial charge in [-0.15, -0.1) is 11.3 Å². The third-order valence-electron chi connectivity index (χ3n) is 3.93. The summed E-state index contributed by atoms with van der Waals surface area (Å²) in [5.74, 6) is -1.19. The third-order valence-corrected chi connectivity index (χ3v) is 5.00. The fourth-order valence-corrected chi connectivity index (χ4v) is 3.34. The Morgan fingerprint density at radius 2 is 1.54 bits per heavy atom. The lowest BCUT2D eigenvalue weighted by Crippen LogP contribution is -2.24. The van der Waals surface area contributed by atoms with Gasteiger partial charge in [-0.1, -0.05) is 42.5 Å². The number of nitrogens with one attached hydrogen (secondary N) is 2. The molecule has 0 unspecified atom stereocenters. The zero-order valence-electron chi connectivity index (χ0n) is 15.1. The minimum Gasteiger partial charge on any atom is -0.465 e. The van der Waals surface area contributed by atoms with Crippen LogP contribution in [0.4, 0.5) is 5.69 Å². The predicted molar refractivity (Wildman–Crippen MR) is 108 cm³/mol. The van der Waals surface area contributed by atoms with Crippen molar-refractivity contribution in [3.8, 4) is 0 Å². The zero-order chi connectivity index (χ0) is 19.9. The van der Waals surface area contributed by atoms with E-state index in [1.165, 1.54) is 13.2 Å². The Bertz CT molecular complexity index is 998. The molecule has 3 aromatic rings. The van der Waals surface area contributed by atoms with E-state index >= 15 is 0 Å². The molecule has 0 saturated heterocycles. The number of rotatable bonds is 6. The summed E-state index contributed by atoms with van der Waals surface area (Å²) in [6, 6.07) is 19.4. The van der Waals surface area contributed by atoms with Crippen LogP contribution in [0.3, 0.4) is 0 Å². The molecule has 2 amide bonds. The zero-order valence-corrected chi connectivity index (χ0v) is 15.9. The average Bonchev–Trinajstić information content (AvgIpc) is 3.23. The molecule has 0 radical (unpaired) electrons. The lowest BCUT2D eigenvalue weighted by molar-refractivity contribution is 0.0606. The Labute approximate surface area is 166 Å². The number of amides is 2. The molecule has 0 atom stereocenters. The number of carbonyl (C=O) groups excluding carboxylic acids is 3. The summed E-state index contributed by atoms with van der Waals surface area (Å²) in [7, 11) is 1.28. The summed E-state index contributed by atoms with van der Waals surface area (Å²) < 4.78 is 4.65. The predicted octanol–water partition coefficient (Wildman–Crippen LogP) is 3.72. The molecule has 2 aromatic carbocycles. The van der Waals surface area contributed by atoms with Crippen molar-refractivity contribution in [1.82, 2.24) is 5.32 Å². The summed E-state index contributed by atoms with van der Waals surface area (Å²) in [5.41, 5.74) is 1.73. The highest BCUT2D eigenvalue weighted by Gasteiger charge is 2.17. The van der Waals surface area contributed by atoms with Gasteiger partial charge >= 0.3 is 5.97 Å². The lowest BCUT2D eigenvalue weighted by Gasteiger charge is -2.11. The molecule has 7 heteroatoms. The van der Waals surface area contributed by atoms with Crippen molar-refractivity contribution in [3.05, 3.63) is 87.6 Å². The normalized spacial score (nSPS) is 10.2. The highest BCUT2D eigenvalue weighted by Crippen LogP contribution is 2.21. The summed E-state index contributed by atoms with van der Waals surface area (Å²) in [5, 5.41) is 5.58. The molecule has 2 N–H and O–H groups in total. The number of esters is 1. The second kappa shape index (κ2) is 8.96. The molecule has 6 nitrogen and oxygen atoms in total. The minimum absolute atomic E-state index is 0.291. The van der Waals surface area contributed by atoms with Crippen molar-refractivity contribution in [1.29, 1.82) is 0 Å². The van der Waals surface area contributed by atoms with Gasteiger partial charge in [0.05, 0.1) is 23.2 Å². The van der Waals surface area contributed by atoms with Crippen LogP contribution in [0.25, 0.3) is 0 Å². The number of carbonyl (C=O) groups is 3. The standard InChI is InChI=1S/C21H18N2O4S/c1-27-21(26)18-12-11-17(28-18)20(25)23-16-10-6-5-9-15(16)19(24)22-13-14-7-3-2-4-8-14/h2-12H,13H2,1H3,(H,22,24)(H,23,25). The molecule has 1 heterocycles. The minimum atomic E-state index is -0.496. The van der Waals surface area contributed by atoms with E-state index in [0.717, 1.165) is 16.9 Å². The van der Waals surface area contributed by atoms with E-state index in [9.17, 15) is 14.4 Å². The van der Waals surface area contributed by atoms with Gasteiger partial charge in [-0.3, -0.25) is 9.59 Å². The number of para-hydroxylation sites is 1. The summed E-state index contributed by atoms with van der Waals surface area (Å²) in [4.78, 5) is 37.3. The van der Waals surface area contributed by atoms with E-state index in [0.29, 0.717) is 27.5 Å². The summed E-state index contributed by atoms with van der Waals surface area (Å²) in [6.45, 7) is 0.384. The smallest absolute Gasteiger partial charge is 0.348 e. The molecule has 0 fully saturated rings. The van der Waals surface area contributed by atoms with Crippen molar-refractivity contribution < 1.29 is 19.1 Å². The molecule has 1 aromatic heterocycles. The first-order valence-electron chi connectivity index (χ1n) is 8.49. The maximum Gasteiger partial charge on any atom is 0.348 e. The molecule has 0 aliphatic heterocycles. The fraction of sp³-hybridized carbons (Fsp3) is 0.0952. The van der Waals surface area contributed by atoms with Crippen molar-refractivity contribution in [2.24, 2.45) is 0 Å². The Balaban J connectivity index is 1.71. The van der Waals surface area contributed by atoms with Gasteiger partial charge in [0.1, 0.15) is 4.88 Å². The second-order valence-corrected chi connectivity index (χ2v) is 6.91. The largest absolute Gasteiger partial charge is 0.465 e. The molecule has 0 aliphatic carbocycles. The van der Waals surface area contributed by atoms with Crippen LogP contribution in [0.2, 0.25) is 0 Å². The molecule has 142 valence electrons. The number of anilines is 1. The van der Waals surface area contributed by atoms with Gasteiger partial charge in [0.25, 0.3) is 11.8 Å². The average molecular weight is 394 g/mol. The quantitative estimate of drug-likeness (QED) is 0.624. The van der Waals surface area contributed by atoms with E-state index in [-0.39, 0.29) is 5.91 Å². The van der Waals surface area contributed by atoms with E-state index in [1.807, 2.05) is 30.3 Å². The van der Waals surface area contributed by atoms with Crippen LogP contribution in [-0.4, -0.2) is 24.9 Å². The number of thiophene rings is 1. The van der Waals surface area contributed by atoms with Crippen molar-refractivity contribution in [3.63, 3.8) is 0 Å². The lowest BCUT2D eigenvalue weighted by atomic mass is 10.1. The van der Waals surface area contributed by atoms with Gasteiger partial charge in [0.2, 0.25) is 0 Å². The monoisotopic (exact) mass is 394 g/mol. The van der Waals surface area contributed by atoms with Crippen LogP contribution in [0.1, 0.15) is 35.3 Å². The van der Waals surface area contributed by atoms with Crippen LogP contribution >= 0.6 is 11.3 Å². The van der Waals surface area contributed by atoms with E-state index in [2.05, 4.69) is 15.4 Å². The van der Waals surface area contributed by atoms with Crippen molar-refractivity contribution in [2.45, 2.75) is 6.54 Å². The first-order valence-corrected chi connectivity index (χ1v) is 9.31. The van der Waals surface area contributed by atoms with Gasteiger partial charge in [0, 0.05) is 6.54 Å². The van der Waals surface area contributed by atoms with Gasteiger partial charge in [-0.2, -0.15) is 0 Å². The SMILES string of the molecule is COC(=O)c1ccc(C(=O)Nc2ccccc2C(=O)NCc2ccccc2)s1. The van der Waals surface area contributed by atoms with E-state index in [1.54, 1.807) is 30.3 Å². The Hall–Kier alpha value is -3.45. The van der Waals surface area contributed by atoms with Crippen LogP contribution in [0.5, 0.6) is 0 Å². The van der Waals surface area contributed by atoms with E-state index < -0.39 is 11.9 Å². The number of hydrogen-bond donors (Lipinski definition) is 2.